The van der Waals surface area contributed by atoms with Crippen LogP contribution in [0.25, 0.3) is 0 Å². The quantitative estimate of drug-likeness (QED) is 0.860. The summed E-state index contributed by atoms with van der Waals surface area (Å²) in [7, 11) is 4.47. The van der Waals surface area contributed by atoms with Crippen molar-refractivity contribution in [3.63, 3.8) is 0 Å². The smallest absolute Gasteiger partial charge is 0.228 e. The summed E-state index contributed by atoms with van der Waals surface area (Å²) in [6.45, 7) is 0. The third-order valence-electron chi connectivity index (χ3n) is 3.31. The molecule has 2 rings (SSSR count). The van der Waals surface area contributed by atoms with Crippen LogP contribution >= 0.6 is 11.6 Å². The average Bonchev–Trinajstić information content (AvgIpc) is 2.57. The van der Waals surface area contributed by atoms with Gasteiger partial charge < -0.3 is 19.5 Å². The van der Waals surface area contributed by atoms with E-state index in [-0.39, 0.29) is 17.1 Å². The molecule has 0 bridgehead atoms. The van der Waals surface area contributed by atoms with Crippen LogP contribution in [-0.2, 0) is 11.2 Å². The van der Waals surface area contributed by atoms with Gasteiger partial charge in [-0.25, -0.2) is 4.39 Å². The lowest BCUT2D eigenvalue weighted by atomic mass is 10.1. The first-order chi connectivity index (χ1) is 11.5. The molecule has 1 N–H and O–H groups in total. The molecule has 0 atom stereocenters. The van der Waals surface area contributed by atoms with Crippen molar-refractivity contribution in [1.82, 2.24) is 0 Å². The first kappa shape index (κ1) is 17.9. The summed E-state index contributed by atoms with van der Waals surface area (Å²) in [5.41, 5.74) is 0.657. The Morgan fingerprint density at radius 2 is 1.75 bits per heavy atom. The molecule has 0 saturated heterocycles. The molecule has 0 unspecified atom stereocenters. The number of halogens is 2. The lowest BCUT2D eigenvalue weighted by molar-refractivity contribution is -0.115. The van der Waals surface area contributed by atoms with E-state index in [1.165, 1.54) is 33.5 Å². The number of methoxy groups -OCH3 is 3. The highest BCUT2D eigenvalue weighted by molar-refractivity contribution is 6.31. The number of anilines is 1. The van der Waals surface area contributed by atoms with E-state index in [2.05, 4.69) is 5.32 Å². The minimum absolute atomic E-state index is 0.00265. The van der Waals surface area contributed by atoms with Crippen LogP contribution in [0.15, 0.2) is 30.3 Å². The minimum Gasteiger partial charge on any atom is -0.493 e. The van der Waals surface area contributed by atoms with Gasteiger partial charge in [-0.2, -0.15) is 0 Å². The number of carbonyl (C=O) groups is 1. The van der Waals surface area contributed by atoms with Gasteiger partial charge in [0.25, 0.3) is 0 Å². The monoisotopic (exact) mass is 353 g/mol. The molecule has 0 aromatic heterocycles. The van der Waals surface area contributed by atoms with Gasteiger partial charge in [-0.05, 0) is 29.8 Å². The van der Waals surface area contributed by atoms with Crippen molar-refractivity contribution in [1.29, 1.82) is 0 Å². The number of hydrogen-bond donors (Lipinski definition) is 1. The Balaban J connectivity index is 2.21. The van der Waals surface area contributed by atoms with Gasteiger partial charge in [-0.15, -0.1) is 0 Å². The Labute approximate surface area is 144 Å². The summed E-state index contributed by atoms with van der Waals surface area (Å²) in [6.07, 6.45) is 0.00265. The molecule has 0 spiro atoms. The fourth-order valence-electron chi connectivity index (χ4n) is 2.22. The van der Waals surface area contributed by atoms with Crippen molar-refractivity contribution in [3.8, 4) is 17.2 Å². The zero-order valence-electron chi connectivity index (χ0n) is 13.5. The van der Waals surface area contributed by atoms with Crippen molar-refractivity contribution >= 4 is 23.2 Å². The third kappa shape index (κ3) is 3.89. The fraction of sp³-hybridized carbons (Fsp3) is 0.235. The van der Waals surface area contributed by atoms with E-state index in [0.717, 1.165) is 0 Å². The second kappa shape index (κ2) is 7.88. The minimum atomic E-state index is -0.669. The average molecular weight is 354 g/mol. The van der Waals surface area contributed by atoms with Crippen LogP contribution in [0.4, 0.5) is 10.1 Å². The normalized spacial score (nSPS) is 10.2. The van der Waals surface area contributed by atoms with Crippen LogP contribution < -0.4 is 19.5 Å². The van der Waals surface area contributed by atoms with E-state index < -0.39 is 11.7 Å². The molecule has 0 saturated carbocycles. The molecule has 1 amide bonds. The first-order valence-corrected chi connectivity index (χ1v) is 7.40. The summed E-state index contributed by atoms with van der Waals surface area (Å²) in [5.74, 6) is 0.245. The Bertz CT molecular complexity index is 726. The van der Waals surface area contributed by atoms with Crippen molar-refractivity contribution in [3.05, 3.63) is 46.7 Å². The lowest BCUT2D eigenvalue weighted by Gasteiger charge is -2.14. The fourth-order valence-corrected chi connectivity index (χ4v) is 2.39. The summed E-state index contributed by atoms with van der Waals surface area (Å²) in [5, 5.41) is 2.44. The molecule has 0 fully saturated rings. The van der Waals surface area contributed by atoms with E-state index >= 15 is 0 Å². The zero-order chi connectivity index (χ0) is 17.7. The van der Waals surface area contributed by atoms with E-state index in [0.29, 0.717) is 22.8 Å². The molecular formula is C17H17ClFNO4. The van der Waals surface area contributed by atoms with Crippen LogP contribution in [0.5, 0.6) is 17.2 Å². The molecule has 0 heterocycles. The topological polar surface area (TPSA) is 56.8 Å². The standard InChI is InChI=1S/C17H17ClFNO4/c1-22-13-7-10(8-14(23-2)17(13)24-3)9-15(21)20-12-6-4-5-11(18)16(12)19/h4-8H,9H2,1-3H3,(H,20,21). The van der Waals surface area contributed by atoms with Crippen LogP contribution in [0.1, 0.15) is 5.56 Å². The Morgan fingerprint density at radius 1 is 1.12 bits per heavy atom. The molecule has 0 aliphatic rings. The van der Waals surface area contributed by atoms with Gasteiger partial charge in [0.15, 0.2) is 17.3 Å². The first-order valence-electron chi connectivity index (χ1n) is 7.03. The molecule has 128 valence electrons. The number of benzene rings is 2. The second-order valence-corrected chi connectivity index (χ2v) is 5.27. The number of ether oxygens (including phenoxy) is 3. The maximum atomic E-state index is 13.8. The van der Waals surface area contributed by atoms with Crippen molar-refractivity contribution in [2.24, 2.45) is 0 Å². The zero-order valence-corrected chi connectivity index (χ0v) is 14.2. The summed E-state index contributed by atoms with van der Waals surface area (Å²) in [4.78, 5) is 12.2. The van der Waals surface area contributed by atoms with Gasteiger partial charge in [0.2, 0.25) is 11.7 Å². The van der Waals surface area contributed by atoms with Crippen molar-refractivity contribution < 1.29 is 23.4 Å². The van der Waals surface area contributed by atoms with Gasteiger partial charge in [-0.1, -0.05) is 17.7 Å². The van der Waals surface area contributed by atoms with E-state index in [9.17, 15) is 9.18 Å². The summed E-state index contributed by atoms with van der Waals surface area (Å²) < 4.78 is 29.5. The van der Waals surface area contributed by atoms with Crippen LogP contribution in [0.2, 0.25) is 5.02 Å². The van der Waals surface area contributed by atoms with E-state index in [4.69, 9.17) is 25.8 Å². The van der Waals surface area contributed by atoms with Gasteiger partial charge >= 0.3 is 0 Å². The maximum Gasteiger partial charge on any atom is 0.228 e. The Kier molecular flexibility index (Phi) is 5.87. The third-order valence-corrected chi connectivity index (χ3v) is 3.61. The molecule has 5 nitrogen and oxygen atoms in total. The second-order valence-electron chi connectivity index (χ2n) is 4.86. The lowest BCUT2D eigenvalue weighted by Crippen LogP contribution is -2.15. The van der Waals surface area contributed by atoms with Crippen LogP contribution in [-0.4, -0.2) is 27.2 Å². The molecule has 0 aliphatic heterocycles. The molecule has 24 heavy (non-hydrogen) atoms. The molecule has 2 aromatic rings. The number of nitrogens with one attached hydrogen (secondary N) is 1. The van der Waals surface area contributed by atoms with E-state index in [1.807, 2.05) is 0 Å². The number of hydrogen-bond acceptors (Lipinski definition) is 4. The molecule has 0 aliphatic carbocycles. The SMILES string of the molecule is COc1cc(CC(=O)Nc2cccc(Cl)c2F)cc(OC)c1OC. The Hall–Kier alpha value is -2.47. The predicted molar refractivity (Wildman–Crippen MR) is 89.8 cm³/mol. The van der Waals surface area contributed by atoms with Crippen LogP contribution in [0.3, 0.4) is 0 Å². The molecule has 2 aromatic carbocycles. The van der Waals surface area contributed by atoms with Gasteiger partial charge in [0.05, 0.1) is 38.5 Å². The van der Waals surface area contributed by atoms with Crippen LogP contribution in [0, 0.1) is 5.82 Å². The number of carbonyl (C=O) groups excluding carboxylic acids is 1. The predicted octanol–water partition coefficient (Wildman–Crippen LogP) is 3.69. The van der Waals surface area contributed by atoms with Gasteiger partial charge in [-0.3, -0.25) is 4.79 Å². The number of amides is 1. The van der Waals surface area contributed by atoms with Crippen molar-refractivity contribution in [2.75, 3.05) is 26.6 Å². The largest absolute Gasteiger partial charge is 0.493 e. The summed E-state index contributed by atoms with van der Waals surface area (Å²) >= 11 is 5.70. The molecule has 0 radical (unpaired) electrons. The van der Waals surface area contributed by atoms with Gasteiger partial charge in [0, 0.05) is 0 Å². The highest BCUT2D eigenvalue weighted by Gasteiger charge is 2.16. The molecule has 7 heteroatoms. The highest BCUT2D eigenvalue weighted by Crippen LogP contribution is 2.38. The summed E-state index contributed by atoms with van der Waals surface area (Å²) in [6, 6.07) is 7.73. The van der Waals surface area contributed by atoms with Gasteiger partial charge in [0.1, 0.15) is 0 Å². The van der Waals surface area contributed by atoms with E-state index in [1.54, 1.807) is 18.2 Å². The molecular weight excluding hydrogens is 337 g/mol. The maximum absolute atomic E-state index is 13.8. The van der Waals surface area contributed by atoms with Crippen molar-refractivity contribution in [2.45, 2.75) is 6.42 Å². The number of rotatable bonds is 6. The Morgan fingerprint density at radius 3 is 2.29 bits per heavy atom. The highest BCUT2D eigenvalue weighted by atomic mass is 35.5.